The van der Waals surface area contributed by atoms with Crippen molar-refractivity contribution in [2.75, 3.05) is 24.6 Å². The van der Waals surface area contributed by atoms with E-state index < -0.39 is 22.2 Å². The van der Waals surface area contributed by atoms with Crippen molar-refractivity contribution in [1.82, 2.24) is 14.6 Å². The highest BCUT2D eigenvalue weighted by Gasteiger charge is 2.32. The summed E-state index contributed by atoms with van der Waals surface area (Å²) in [4.78, 5) is 17.6. The van der Waals surface area contributed by atoms with Gasteiger partial charge in [-0.1, -0.05) is 55.5 Å². The van der Waals surface area contributed by atoms with Crippen LogP contribution in [0.25, 0.3) is 10.2 Å². The SMILES string of the molecule is Cc1cc(N)ccc1C(=O)N[C@@H](Cc1ccccc1)[C@H](O)CN(CC(C)C)S(=O)(=O)c1ccc2nc(N)sc2c1. The van der Waals surface area contributed by atoms with Gasteiger partial charge in [-0.05, 0) is 66.8 Å². The van der Waals surface area contributed by atoms with Crippen molar-refractivity contribution in [2.45, 2.75) is 44.2 Å². The van der Waals surface area contributed by atoms with E-state index in [9.17, 15) is 18.3 Å². The molecule has 11 heteroatoms. The molecule has 0 saturated heterocycles. The van der Waals surface area contributed by atoms with Crippen LogP contribution < -0.4 is 16.8 Å². The molecule has 0 saturated carbocycles. The molecule has 1 aromatic heterocycles. The number of fused-ring (bicyclic) bond motifs is 1. The average molecular weight is 582 g/mol. The number of hydrogen-bond donors (Lipinski definition) is 4. The zero-order chi connectivity index (χ0) is 29.0. The summed E-state index contributed by atoms with van der Waals surface area (Å²) in [6.07, 6.45) is -0.891. The monoisotopic (exact) mass is 581 g/mol. The molecule has 6 N–H and O–H groups in total. The topological polar surface area (TPSA) is 152 Å². The van der Waals surface area contributed by atoms with Crippen LogP contribution >= 0.6 is 11.3 Å². The first kappa shape index (κ1) is 29.5. The van der Waals surface area contributed by atoms with Gasteiger partial charge in [0, 0.05) is 24.3 Å². The lowest BCUT2D eigenvalue weighted by Gasteiger charge is -2.31. The van der Waals surface area contributed by atoms with E-state index in [0.29, 0.717) is 38.6 Å². The Morgan fingerprint density at radius 3 is 2.45 bits per heavy atom. The Morgan fingerprint density at radius 1 is 1.05 bits per heavy atom. The third-order valence-corrected chi connectivity index (χ3v) is 9.22. The van der Waals surface area contributed by atoms with Crippen molar-refractivity contribution in [1.29, 1.82) is 0 Å². The molecule has 2 atom stereocenters. The molecule has 0 aliphatic heterocycles. The van der Waals surface area contributed by atoms with Crippen molar-refractivity contribution in [2.24, 2.45) is 5.92 Å². The van der Waals surface area contributed by atoms with Gasteiger partial charge < -0.3 is 21.9 Å². The van der Waals surface area contributed by atoms with Crippen molar-refractivity contribution in [3.8, 4) is 0 Å². The number of aliphatic hydroxyl groups excluding tert-OH is 1. The van der Waals surface area contributed by atoms with Gasteiger partial charge in [0.1, 0.15) is 0 Å². The fourth-order valence-corrected chi connectivity index (χ4v) is 7.08. The number of nitrogens with one attached hydrogen (secondary N) is 1. The number of nitrogens with two attached hydrogens (primary N) is 2. The van der Waals surface area contributed by atoms with Gasteiger partial charge in [0.15, 0.2) is 5.13 Å². The number of anilines is 2. The number of carbonyl (C=O) groups excluding carboxylic acids is 1. The third-order valence-electron chi connectivity index (χ3n) is 6.55. The van der Waals surface area contributed by atoms with Crippen LogP contribution in [0, 0.1) is 12.8 Å². The lowest BCUT2D eigenvalue weighted by Crippen LogP contribution is -2.51. The number of sulfonamides is 1. The number of benzene rings is 3. The molecule has 1 amide bonds. The molecule has 0 bridgehead atoms. The molecule has 0 aliphatic rings. The van der Waals surface area contributed by atoms with Gasteiger partial charge in [0.05, 0.1) is 27.3 Å². The fourth-order valence-electron chi connectivity index (χ4n) is 4.59. The Hall–Kier alpha value is -3.51. The van der Waals surface area contributed by atoms with Gasteiger partial charge in [0.25, 0.3) is 5.91 Å². The summed E-state index contributed by atoms with van der Waals surface area (Å²) in [7, 11) is -3.99. The number of nitrogens with zero attached hydrogens (tertiary/aromatic N) is 2. The Labute approximate surface area is 238 Å². The van der Waals surface area contributed by atoms with Gasteiger partial charge in [-0.3, -0.25) is 4.79 Å². The smallest absolute Gasteiger partial charge is 0.251 e. The predicted molar refractivity (Wildman–Crippen MR) is 161 cm³/mol. The minimum atomic E-state index is -3.99. The molecule has 1 heterocycles. The van der Waals surface area contributed by atoms with Gasteiger partial charge >= 0.3 is 0 Å². The number of carbonyl (C=O) groups is 1. The van der Waals surface area contributed by atoms with Gasteiger partial charge in [-0.15, -0.1) is 0 Å². The summed E-state index contributed by atoms with van der Waals surface area (Å²) in [5, 5.41) is 14.8. The van der Waals surface area contributed by atoms with Crippen LogP contribution in [0.1, 0.15) is 35.3 Å². The van der Waals surface area contributed by atoms with Gasteiger partial charge in [-0.2, -0.15) is 4.31 Å². The fraction of sp³-hybridized carbons (Fsp3) is 0.310. The van der Waals surface area contributed by atoms with Crippen LogP contribution in [-0.4, -0.2) is 54.0 Å². The minimum Gasteiger partial charge on any atom is -0.399 e. The summed E-state index contributed by atoms with van der Waals surface area (Å²) >= 11 is 1.21. The quantitative estimate of drug-likeness (QED) is 0.197. The standard InChI is InChI=1S/C29H35N5O4S2/c1-18(2)16-34(40(37,38)22-10-12-24-27(15-22)39-29(31)33-24)17-26(35)25(14-20-7-5-4-6-8-20)32-28(36)23-11-9-21(30)13-19(23)3/h4-13,15,18,25-26,35H,14,16-17,30H2,1-3H3,(H2,31,33)(H,32,36)/t25-,26+/m0/s1. The largest absolute Gasteiger partial charge is 0.399 e. The minimum absolute atomic E-state index is 0.00986. The number of rotatable bonds is 11. The molecule has 0 unspecified atom stereocenters. The lowest BCUT2D eigenvalue weighted by atomic mass is 9.99. The predicted octanol–water partition coefficient (Wildman–Crippen LogP) is 3.82. The maximum Gasteiger partial charge on any atom is 0.251 e. The Balaban J connectivity index is 1.63. The molecule has 4 aromatic rings. The second-order valence-electron chi connectivity index (χ2n) is 10.3. The summed E-state index contributed by atoms with van der Waals surface area (Å²) in [6.45, 7) is 5.59. The second-order valence-corrected chi connectivity index (χ2v) is 13.3. The van der Waals surface area contributed by atoms with Crippen LogP contribution in [0.5, 0.6) is 0 Å². The van der Waals surface area contributed by atoms with Crippen LogP contribution in [0.3, 0.4) is 0 Å². The van der Waals surface area contributed by atoms with E-state index in [0.717, 1.165) is 5.56 Å². The van der Waals surface area contributed by atoms with E-state index in [4.69, 9.17) is 11.5 Å². The summed E-state index contributed by atoms with van der Waals surface area (Å²) in [6, 6.07) is 18.4. The van der Waals surface area contributed by atoms with E-state index in [1.54, 1.807) is 37.3 Å². The number of aliphatic hydroxyl groups is 1. The zero-order valence-electron chi connectivity index (χ0n) is 22.7. The van der Waals surface area contributed by atoms with Gasteiger partial charge in [-0.25, -0.2) is 13.4 Å². The third kappa shape index (κ3) is 6.97. The molecule has 0 radical (unpaired) electrons. The van der Waals surface area contributed by atoms with E-state index in [2.05, 4.69) is 10.3 Å². The molecular weight excluding hydrogens is 546 g/mol. The van der Waals surface area contributed by atoms with Crippen molar-refractivity contribution >= 4 is 48.3 Å². The molecule has 212 valence electrons. The van der Waals surface area contributed by atoms with Crippen LogP contribution in [0.2, 0.25) is 0 Å². The molecule has 9 nitrogen and oxygen atoms in total. The lowest BCUT2D eigenvalue weighted by molar-refractivity contribution is 0.0775. The first-order chi connectivity index (χ1) is 18.9. The molecule has 0 fully saturated rings. The number of aromatic nitrogens is 1. The maximum atomic E-state index is 13.8. The van der Waals surface area contributed by atoms with Gasteiger partial charge in [0.2, 0.25) is 10.0 Å². The normalized spacial score (nSPS) is 13.6. The number of thiazole rings is 1. The molecule has 3 aromatic carbocycles. The van der Waals surface area contributed by atoms with Crippen molar-refractivity contribution < 1.29 is 18.3 Å². The number of hydrogen-bond acceptors (Lipinski definition) is 8. The maximum absolute atomic E-state index is 13.8. The molecular formula is C29H35N5O4S2. The van der Waals surface area contributed by atoms with Crippen LogP contribution in [0.15, 0.2) is 71.6 Å². The highest BCUT2D eigenvalue weighted by Crippen LogP contribution is 2.28. The van der Waals surface area contributed by atoms with E-state index in [-0.39, 0.29) is 29.8 Å². The highest BCUT2D eigenvalue weighted by atomic mass is 32.2. The Bertz CT molecular complexity index is 1590. The highest BCUT2D eigenvalue weighted by molar-refractivity contribution is 7.89. The first-order valence-corrected chi connectivity index (χ1v) is 15.2. The summed E-state index contributed by atoms with van der Waals surface area (Å²) in [5.74, 6) is -0.381. The van der Waals surface area contributed by atoms with E-state index in [1.807, 2.05) is 44.2 Å². The Morgan fingerprint density at radius 2 is 1.77 bits per heavy atom. The number of nitrogen functional groups attached to an aromatic ring is 2. The molecule has 0 aliphatic carbocycles. The zero-order valence-corrected chi connectivity index (χ0v) is 24.4. The Kier molecular flexibility index (Phi) is 9.09. The van der Waals surface area contributed by atoms with E-state index in [1.165, 1.54) is 21.7 Å². The first-order valence-electron chi connectivity index (χ1n) is 13.0. The van der Waals surface area contributed by atoms with E-state index >= 15 is 0 Å². The molecule has 4 rings (SSSR count). The van der Waals surface area contributed by atoms with Crippen LogP contribution in [0.4, 0.5) is 10.8 Å². The summed E-state index contributed by atoms with van der Waals surface area (Å²) < 4.78 is 29.6. The second kappa shape index (κ2) is 12.3. The molecule has 40 heavy (non-hydrogen) atoms. The average Bonchev–Trinajstić information content (AvgIpc) is 3.27. The number of amides is 1. The van der Waals surface area contributed by atoms with Crippen molar-refractivity contribution in [3.63, 3.8) is 0 Å². The molecule has 0 spiro atoms. The summed E-state index contributed by atoms with van der Waals surface area (Å²) in [5.41, 5.74) is 14.9. The van der Waals surface area contributed by atoms with Crippen molar-refractivity contribution in [3.05, 3.63) is 83.4 Å². The number of aryl methyl sites for hydroxylation is 1. The van der Waals surface area contributed by atoms with Crippen LogP contribution in [-0.2, 0) is 16.4 Å².